The maximum Gasteiger partial charge on any atom is 0.419 e. The second-order valence-electron chi connectivity index (χ2n) is 7.28. The van der Waals surface area contributed by atoms with Crippen molar-refractivity contribution in [1.82, 2.24) is 24.4 Å². The van der Waals surface area contributed by atoms with Gasteiger partial charge < -0.3 is 14.4 Å². The fraction of sp³-hybridized carbons (Fsp3) is 0.333. The fourth-order valence-corrected chi connectivity index (χ4v) is 3.47. The highest BCUT2D eigenvalue weighted by molar-refractivity contribution is 5.92. The molecule has 1 amide bonds. The number of rotatable bonds is 5. The fourth-order valence-electron chi connectivity index (χ4n) is 3.47. The van der Waals surface area contributed by atoms with E-state index in [0.29, 0.717) is 18.8 Å². The average Bonchev–Trinajstić information content (AvgIpc) is 3.41. The summed E-state index contributed by atoms with van der Waals surface area (Å²) in [5.41, 5.74) is 0.00805. The third kappa shape index (κ3) is 4.36. The standard InChI is InChI=1S/C21H20F3N5O3/c1-13-10-29(12-26-13)18-19(31-2)27-16(9-25-18)20(30)28-8-7-14(11-28)32-17-6-4-3-5-15(17)21(22,23)24/h3-6,9-10,12,14H,7-8,11H2,1-2H3/t14-/m1/s1. The number of methoxy groups -OCH3 is 1. The van der Waals surface area contributed by atoms with Gasteiger partial charge in [-0.05, 0) is 19.1 Å². The Hall–Kier alpha value is -3.63. The van der Waals surface area contributed by atoms with E-state index in [1.165, 1.54) is 36.4 Å². The maximum atomic E-state index is 13.2. The summed E-state index contributed by atoms with van der Waals surface area (Å²) in [7, 11) is 1.42. The van der Waals surface area contributed by atoms with Gasteiger partial charge in [-0.1, -0.05) is 12.1 Å². The molecule has 1 aliphatic rings. The molecule has 1 atom stereocenters. The van der Waals surface area contributed by atoms with Crippen LogP contribution in [0.5, 0.6) is 11.6 Å². The van der Waals surface area contributed by atoms with Crippen LogP contribution in [0.25, 0.3) is 5.82 Å². The van der Waals surface area contributed by atoms with Crippen molar-refractivity contribution >= 4 is 5.91 Å². The number of hydrogen-bond donors (Lipinski definition) is 0. The summed E-state index contributed by atoms with van der Waals surface area (Å²) >= 11 is 0. The van der Waals surface area contributed by atoms with E-state index in [9.17, 15) is 18.0 Å². The first-order valence-corrected chi connectivity index (χ1v) is 9.80. The van der Waals surface area contributed by atoms with Crippen LogP contribution in [0.1, 0.15) is 28.2 Å². The van der Waals surface area contributed by atoms with E-state index < -0.39 is 23.8 Å². The van der Waals surface area contributed by atoms with E-state index in [1.54, 1.807) is 17.1 Å². The Bertz CT molecular complexity index is 1130. The molecular formula is C21H20F3N5O3. The number of carbonyl (C=O) groups excluding carboxylic acids is 1. The number of para-hydroxylation sites is 1. The maximum absolute atomic E-state index is 13.2. The first-order chi connectivity index (χ1) is 15.3. The number of aromatic nitrogens is 4. The molecule has 11 heteroatoms. The van der Waals surface area contributed by atoms with Gasteiger partial charge >= 0.3 is 6.18 Å². The van der Waals surface area contributed by atoms with Gasteiger partial charge in [0.1, 0.15) is 18.2 Å². The molecule has 0 saturated carbocycles. The first-order valence-electron chi connectivity index (χ1n) is 9.80. The number of carbonyl (C=O) groups is 1. The molecule has 168 valence electrons. The van der Waals surface area contributed by atoms with E-state index in [2.05, 4.69) is 15.0 Å². The van der Waals surface area contributed by atoms with E-state index >= 15 is 0 Å². The number of halogens is 3. The zero-order valence-electron chi connectivity index (χ0n) is 17.3. The van der Waals surface area contributed by atoms with Crippen LogP contribution in [0.4, 0.5) is 13.2 Å². The molecule has 1 aliphatic heterocycles. The monoisotopic (exact) mass is 447 g/mol. The van der Waals surface area contributed by atoms with Gasteiger partial charge in [0.15, 0.2) is 5.69 Å². The quantitative estimate of drug-likeness (QED) is 0.597. The summed E-state index contributed by atoms with van der Waals surface area (Å²) in [6, 6.07) is 5.03. The first kappa shape index (κ1) is 21.6. The Labute approximate surface area is 181 Å². The molecule has 0 unspecified atom stereocenters. The molecule has 0 radical (unpaired) electrons. The van der Waals surface area contributed by atoms with Gasteiger partial charge in [-0.15, -0.1) is 0 Å². The zero-order chi connectivity index (χ0) is 22.9. The molecule has 1 saturated heterocycles. The van der Waals surface area contributed by atoms with Gasteiger partial charge in [-0.2, -0.15) is 13.2 Å². The summed E-state index contributed by atoms with van der Waals surface area (Å²) in [5, 5.41) is 0. The van der Waals surface area contributed by atoms with Crippen LogP contribution in [0, 0.1) is 6.92 Å². The third-order valence-electron chi connectivity index (χ3n) is 5.01. The lowest BCUT2D eigenvalue weighted by atomic mass is 10.2. The van der Waals surface area contributed by atoms with Gasteiger partial charge in [-0.3, -0.25) is 9.36 Å². The number of benzene rings is 1. The van der Waals surface area contributed by atoms with Crippen molar-refractivity contribution in [2.45, 2.75) is 25.6 Å². The van der Waals surface area contributed by atoms with Crippen molar-refractivity contribution in [3.63, 3.8) is 0 Å². The smallest absolute Gasteiger partial charge is 0.419 e. The second kappa shape index (κ2) is 8.48. The van der Waals surface area contributed by atoms with Gasteiger partial charge in [0, 0.05) is 19.2 Å². The predicted molar refractivity (Wildman–Crippen MR) is 107 cm³/mol. The highest BCUT2D eigenvalue weighted by atomic mass is 19.4. The lowest BCUT2D eigenvalue weighted by Gasteiger charge is -2.19. The highest BCUT2D eigenvalue weighted by Gasteiger charge is 2.36. The van der Waals surface area contributed by atoms with Gasteiger partial charge in [0.05, 0.1) is 31.1 Å². The lowest BCUT2D eigenvalue weighted by Crippen LogP contribution is -2.32. The molecule has 1 fully saturated rings. The lowest BCUT2D eigenvalue weighted by molar-refractivity contribution is -0.139. The molecule has 8 nitrogen and oxygen atoms in total. The zero-order valence-corrected chi connectivity index (χ0v) is 17.3. The second-order valence-corrected chi connectivity index (χ2v) is 7.28. The van der Waals surface area contributed by atoms with E-state index in [-0.39, 0.29) is 23.9 Å². The number of alkyl halides is 3. The van der Waals surface area contributed by atoms with Gasteiger partial charge in [0.2, 0.25) is 5.82 Å². The Balaban J connectivity index is 1.48. The van der Waals surface area contributed by atoms with Crippen molar-refractivity contribution in [2.75, 3.05) is 20.2 Å². The summed E-state index contributed by atoms with van der Waals surface area (Å²) in [5.74, 6) is -0.115. The number of hydrogen-bond acceptors (Lipinski definition) is 6. The molecule has 3 heterocycles. The van der Waals surface area contributed by atoms with Crippen LogP contribution in [-0.4, -0.2) is 56.6 Å². The number of imidazole rings is 1. The Morgan fingerprint density at radius 3 is 2.69 bits per heavy atom. The third-order valence-corrected chi connectivity index (χ3v) is 5.01. The molecule has 0 spiro atoms. The molecule has 2 aromatic heterocycles. The van der Waals surface area contributed by atoms with Crippen molar-refractivity contribution in [3.8, 4) is 17.4 Å². The van der Waals surface area contributed by atoms with Crippen molar-refractivity contribution in [1.29, 1.82) is 0 Å². The SMILES string of the molecule is COc1nc(C(=O)N2CC[C@@H](Oc3ccccc3C(F)(F)F)C2)cnc1-n1cnc(C)c1. The molecule has 0 N–H and O–H groups in total. The predicted octanol–water partition coefficient (Wildman–Crippen LogP) is 3.29. The van der Waals surface area contributed by atoms with Crippen molar-refractivity contribution < 1.29 is 27.4 Å². The van der Waals surface area contributed by atoms with Crippen LogP contribution < -0.4 is 9.47 Å². The number of amides is 1. The Morgan fingerprint density at radius 2 is 2.00 bits per heavy atom. The molecule has 0 aliphatic carbocycles. The van der Waals surface area contributed by atoms with Crippen LogP contribution >= 0.6 is 0 Å². The van der Waals surface area contributed by atoms with Crippen molar-refractivity contribution in [2.24, 2.45) is 0 Å². The Morgan fingerprint density at radius 1 is 1.22 bits per heavy atom. The number of aryl methyl sites for hydroxylation is 1. The van der Waals surface area contributed by atoms with Gasteiger partial charge in [0.25, 0.3) is 11.8 Å². The average molecular weight is 447 g/mol. The van der Waals surface area contributed by atoms with E-state index in [1.807, 2.05) is 6.92 Å². The minimum absolute atomic E-state index is 0.0683. The topological polar surface area (TPSA) is 82.4 Å². The molecule has 1 aromatic carbocycles. The molecule has 4 rings (SSSR count). The van der Waals surface area contributed by atoms with Crippen LogP contribution in [0.15, 0.2) is 43.0 Å². The summed E-state index contributed by atoms with van der Waals surface area (Å²) < 4.78 is 52.1. The van der Waals surface area contributed by atoms with Gasteiger partial charge in [-0.25, -0.2) is 15.0 Å². The largest absolute Gasteiger partial charge is 0.488 e. The molecule has 3 aromatic rings. The van der Waals surface area contributed by atoms with E-state index in [4.69, 9.17) is 9.47 Å². The summed E-state index contributed by atoms with van der Waals surface area (Å²) in [6.07, 6.45) is -0.0468. The van der Waals surface area contributed by atoms with Crippen LogP contribution in [0.2, 0.25) is 0 Å². The molecule has 32 heavy (non-hydrogen) atoms. The summed E-state index contributed by atoms with van der Waals surface area (Å²) in [6.45, 7) is 2.29. The molecular weight excluding hydrogens is 427 g/mol. The van der Waals surface area contributed by atoms with Crippen molar-refractivity contribution in [3.05, 3.63) is 59.9 Å². The van der Waals surface area contributed by atoms with Crippen LogP contribution in [0.3, 0.4) is 0 Å². The summed E-state index contributed by atoms with van der Waals surface area (Å²) in [4.78, 5) is 27.1. The van der Waals surface area contributed by atoms with Crippen LogP contribution in [-0.2, 0) is 6.18 Å². The van der Waals surface area contributed by atoms with E-state index in [0.717, 1.165) is 11.8 Å². The number of nitrogens with zero attached hydrogens (tertiary/aromatic N) is 5. The highest BCUT2D eigenvalue weighted by Crippen LogP contribution is 2.37. The Kier molecular flexibility index (Phi) is 5.72. The molecule has 0 bridgehead atoms. The minimum atomic E-state index is -4.52. The minimum Gasteiger partial charge on any atom is -0.488 e. The normalized spacial score (nSPS) is 16.3. The number of likely N-dealkylation sites (tertiary alicyclic amines) is 1. The number of ether oxygens (including phenoxy) is 2.